The molecule has 5 heteroatoms. The highest BCUT2D eigenvalue weighted by Crippen LogP contribution is 2.15. The van der Waals surface area contributed by atoms with Crippen molar-refractivity contribution in [2.75, 3.05) is 46.3 Å². The molecule has 22 heavy (non-hydrogen) atoms. The lowest BCUT2D eigenvalue weighted by molar-refractivity contribution is 0.0663. The van der Waals surface area contributed by atoms with Crippen molar-refractivity contribution in [1.82, 2.24) is 14.7 Å². The topological polar surface area (TPSA) is 43.9 Å². The van der Waals surface area contributed by atoms with Gasteiger partial charge in [0.15, 0.2) is 0 Å². The third-order valence-corrected chi connectivity index (χ3v) is 4.56. The Hall–Kier alpha value is -1.88. The van der Waals surface area contributed by atoms with E-state index in [0.717, 1.165) is 52.1 Å². The van der Waals surface area contributed by atoms with Gasteiger partial charge in [-0.3, -0.25) is 9.59 Å². The minimum Gasteiger partial charge on any atom is -0.339 e. The molecule has 2 aliphatic rings. The molecule has 2 aliphatic heterocycles. The molecule has 1 aromatic carbocycles. The van der Waals surface area contributed by atoms with Crippen molar-refractivity contribution in [3.63, 3.8) is 0 Å². The van der Waals surface area contributed by atoms with E-state index in [1.807, 2.05) is 9.80 Å². The molecule has 0 aliphatic carbocycles. The maximum Gasteiger partial charge on any atom is 0.253 e. The van der Waals surface area contributed by atoms with Crippen LogP contribution in [-0.2, 0) is 0 Å². The lowest BCUT2D eigenvalue weighted by Gasteiger charge is -2.32. The molecule has 0 bridgehead atoms. The first kappa shape index (κ1) is 15.0. The number of hydrogen-bond donors (Lipinski definition) is 0. The number of carbonyl (C=O) groups excluding carboxylic acids is 2. The van der Waals surface area contributed by atoms with E-state index in [2.05, 4.69) is 11.9 Å². The highest BCUT2D eigenvalue weighted by atomic mass is 16.2. The van der Waals surface area contributed by atoms with Gasteiger partial charge in [-0.2, -0.15) is 0 Å². The molecule has 0 radical (unpaired) electrons. The van der Waals surface area contributed by atoms with Gasteiger partial charge in [0.2, 0.25) is 0 Å². The van der Waals surface area contributed by atoms with Crippen LogP contribution in [0.25, 0.3) is 0 Å². The molecule has 0 N–H and O–H groups in total. The number of hydrogen-bond acceptors (Lipinski definition) is 3. The fourth-order valence-corrected chi connectivity index (χ4v) is 3.05. The highest BCUT2D eigenvalue weighted by Gasteiger charge is 2.22. The molecular weight excluding hydrogens is 278 g/mol. The zero-order valence-corrected chi connectivity index (χ0v) is 13.1. The summed E-state index contributed by atoms with van der Waals surface area (Å²) in [6.07, 6.45) is 2.18. The van der Waals surface area contributed by atoms with Gasteiger partial charge < -0.3 is 14.7 Å². The second kappa shape index (κ2) is 6.48. The molecule has 0 aromatic heterocycles. The second-order valence-corrected chi connectivity index (χ2v) is 6.17. The average molecular weight is 301 g/mol. The Morgan fingerprint density at radius 2 is 1.14 bits per heavy atom. The molecule has 2 amide bonds. The maximum atomic E-state index is 12.5. The molecule has 118 valence electrons. The molecule has 0 saturated carbocycles. The summed E-state index contributed by atoms with van der Waals surface area (Å²) >= 11 is 0. The first-order valence-corrected chi connectivity index (χ1v) is 8.02. The van der Waals surface area contributed by atoms with Crippen molar-refractivity contribution in [3.8, 4) is 0 Å². The average Bonchev–Trinajstić information content (AvgIpc) is 3.09. The number of nitrogens with zero attached hydrogens (tertiary/aromatic N) is 3. The van der Waals surface area contributed by atoms with Crippen molar-refractivity contribution in [3.05, 3.63) is 35.4 Å². The van der Waals surface area contributed by atoms with Crippen LogP contribution in [0.1, 0.15) is 33.6 Å². The predicted octanol–water partition coefficient (Wildman–Crippen LogP) is 1.31. The Kier molecular flexibility index (Phi) is 4.43. The van der Waals surface area contributed by atoms with E-state index < -0.39 is 0 Å². The van der Waals surface area contributed by atoms with Gasteiger partial charge in [-0.15, -0.1) is 0 Å². The van der Waals surface area contributed by atoms with E-state index in [1.165, 1.54) is 0 Å². The van der Waals surface area contributed by atoms with Crippen LogP contribution < -0.4 is 0 Å². The smallest absolute Gasteiger partial charge is 0.253 e. The summed E-state index contributed by atoms with van der Waals surface area (Å²) < 4.78 is 0. The van der Waals surface area contributed by atoms with Crippen LogP contribution in [0.5, 0.6) is 0 Å². The van der Waals surface area contributed by atoms with Gasteiger partial charge in [-0.05, 0) is 44.2 Å². The fraction of sp³-hybridized carbons (Fsp3) is 0.529. The van der Waals surface area contributed by atoms with E-state index in [4.69, 9.17) is 0 Å². The van der Waals surface area contributed by atoms with Gasteiger partial charge in [0.1, 0.15) is 0 Å². The Morgan fingerprint density at radius 1 is 0.727 bits per heavy atom. The van der Waals surface area contributed by atoms with Gasteiger partial charge in [0.25, 0.3) is 11.8 Å². The Balaban J connectivity index is 1.65. The summed E-state index contributed by atoms with van der Waals surface area (Å²) in [5, 5.41) is 0. The maximum absolute atomic E-state index is 12.5. The zero-order valence-electron chi connectivity index (χ0n) is 13.1. The molecule has 0 unspecified atom stereocenters. The number of rotatable bonds is 2. The lowest BCUT2D eigenvalue weighted by atomic mass is 10.1. The highest BCUT2D eigenvalue weighted by molar-refractivity contribution is 5.98. The van der Waals surface area contributed by atoms with E-state index >= 15 is 0 Å². The Morgan fingerprint density at radius 3 is 1.59 bits per heavy atom. The van der Waals surface area contributed by atoms with Crippen LogP contribution in [0.15, 0.2) is 24.3 Å². The van der Waals surface area contributed by atoms with E-state index in [9.17, 15) is 9.59 Å². The standard InChI is InChI=1S/C17H23N3O2/c1-18-10-12-20(13-11-18)17(22)15-6-4-14(5-7-15)16(21)19-8-2-3-9-19/h4-7H,2-3,8-13H2,1H3. The summed E-state index contributed by atoms with van der Waals surface area (Å²) in [4.78, 5) is 30.7. The molecule has 2 heterocycles. The first-order chi connectivity index (χ1) is 10.6. The number of amides is 2. The van der Waals surface area contributed by atoms with Crippen molar-refractivity contribution in [2.45, 2.75) is 12.8 Å². The van der Waals surface area contributed by atoms with Crippen LogP contribution in [0.3, 0.4) is 0 Å². The predicted molar refractivity (Wildman–Crippen MR) is 85.0 cm³/mol. The number of benzene rings is 1. The Labute approximate surface area is 131 Å². The molecule has 2 fully saturated rings. The number of piperazine rings is 1. The number of carbonyl (C=O) groups is 2. The monoisotopic (exact) mass is 301 g/mol. The van der Waals surface area contributed by atoms with E-state index in [1.54, 1.807) is 24.3 Å². The van der Waals surface area contributed by atoms with Gasteiger partial charge in [-0.25, -0.2) is 0 Å². The molecule has 5 nitrogen and oxygen atoms in total. The largest absolute Gasteiger partial charge is 0.339 e. The normalized spacial score (nSPS) is 19.5. The molecule has 1 aromatic rings. The zero-order chi connectivity index (χ0) is 15.5. The minimum atomic E-state index is 0.0632. The molecule has 2 saturated heterocycles. The SMILES string of the molecule is CN1CCN(C(=O)c2ccc(C(=O)N3CCCC3)cc2)CC1. The van der Waals surface area contributed by atoms with E-state index in [0.29, 0.717) is 11.1 Å². The van der Waals surface area contributed by atoms with Crippen LogP contribution >= 0.6 is 0 Å². The summed E-state index contributed by atoms with van der Waals surface area (Å²) in [5.74, 6) is 0.143. The molecule has 3 rings (SSSR count). The Bertz CT molecular complexity index is 542. The van der Waals surface area contributed by atoms with Crippen LogP contribution in [0.4, 0.5) is 0 Å². The number of likely N-dealkylation sites (N-methyl/N-ethyl adjacent to an activating group) is 1. The third kappa shape index (κ3) is 3.14. The minimum absolute atomic E-state index is 0.0632. The summed E-state index contributed by atoms with van der Waals surface area (Å²) in [7, 11) is 2.07. The summed E-state index contributed by atoms with van der Waals surface area (Å²) in [5.41, 5.74) is 1.35. The van der Waals surface area contributed by atoms with Crippen LogP contribution in [0, 0.1) is 0 Å². The summed E-state index contributed by atoms with van der Waals surface area (Å²) in [6.45, 7) is 5.06. The molecule has 0 spiro atoms. The first-order valence-electron chi connectivity index (χ1n) is 8.02. The lowest BCUT2D eigenvalue weighted by Crippen LogP contribution is -2.47. The van der Waals surface area contributed by atoms with Crippen molar-refractivity contribution in [1.29, 1.82) is 0 Å². The number of likely N-dealkylation sites (tertiary alicyclic amines) is 1. The second-order valence-electron chi connectivity index (χ2n) is 6.17. The van der Waals surface area contributed by atoms with Gasteiger partial charge >= 0.3 is 0 Å². The van der Waals surface area contributed by atoms with Gasteiger partial charge in [0.05, 0.1) is 0 Å². The van der Waals surface area contributed by atoms with Crippen molar-refractivity contribution < 1.29 is 9.59 Å². The summed E-state index contributed by atoms with van der Waals surface area (Å²) in [6, 6.07) is 7.13. The van der Waals surface area contributed by atoms with E-state index in [-0.39, 0.29) is 11.8 Å². The quantitative estimate of drug-likeness (QED) is 0.827. The van der Waals surface area contributed by atoms with Crippen LogP contribution in [-0.4, -0.2) is 72.8 Å². The van der Waals surface area contributed by atoms with Gasteiger partial charge in [0, 0.05) is 50.4 Å². The third-order valence-electron chi connectivity index (χ3n) is 4.56. The van der Waals surface area contributed by atoms with Crippen LogP contribution in [0.2, 0.25) is 0 Å². The van der Waals surface area contributed by atoms with Crippen molar-refractivity contribution in [2.24, 2.45) is 0 Å². The molecule has 0 atom stereocenters. The fourth-order valence-electron chi connectivity index (χ4n) is 3.05. The van der Waals surface area contributed by atoms with Crippen molar-refractivity contribution >= 4 is 11.8 Å². The molecular formula is C17H23N3O2. The van der Waals surface area contributed by atoms with Gasteiger partial charge in [-0.1, -0.05) is 0 Å².